The van der Waals surface area contributed by atoms with Crippen molar-refractivity contribution in [2.75, 3.05) is 18.1 Å². The minimum atomic E-state index is -4.73. The molecule has 0 saturated heterocycles. The molecule has 3 rings (SSSR count). The molecule has 0 unspecified atom stereocenters. The van der Waals surface area contributed by atoms with Crippen LogP contribution in [-0.2, 0) is 16.0 Å². The lowest BCUT2D eigenvalue weighted by Crippen LogP contribution is -2.13. The number of halogens is 3. The molecule has 0 spiro atoms. The number of anilines is 1. The van der Waals surface area contributed by atoms with Crippen LogP contribution in [-0.4, -0.2) is 40.7 Å². The Bertz CT molecular complexity index is 1080. The molecular weight excluding hydrogens is 371 g/mol. The van der Waals surface area contributed by atoms with Gasteiger partial charge in [0.05, 0.1) is 10.6 Å². The lowest BCUT2D eigenvalue weighted by Gasteiger charge is -2.10. The highest BCUT2D eigenvalue weighted by Gasteiger charge is 2.36. The Hall–Kier alpha value is -2.69. The minimum Gasteiger partial charge on any atom is -0.371 e. The lowest BCUT2D eigenvalue weighted by atomic mass is 10.3. The first kappa shape index (κ1) is 18.1. The van der Waals surface area contributed by atoms with Crippen LogP contribution in [0.4, 0.5) is 19.0 Å². The second-order valence-electron chi connectivity index (χ2n) is 5.33. The van der Waals surface area contributed by atoms with Gasteiger partial charge in [0, 0.05) is 12.7 Å². The molecule has 0 saturated carbocycles. The predicted molar refractivity (Wildman–Crippen MR) is 88.9 cm³/mol. The smallest absolute Gasteiger partial charge is 0.371 e. The van der Waals surface area contributed by atoms with Crippen LogP contribution in [0.15, 0.2) is 35.5 Å². The molecule has 1 aromatic carbocycles. The third-order valence-electron chi connectivity index (χ3n) is 3.72. The Kier molecular flexibility index (Phi) is 4.34. The number of aromatic nitrogens is 4. The second kappa shape index (κ2) is 6.24. The quantitative estimate of drug-likeness (QED) is 0.743. The van der Waals surface area contributed by atoms with Gasteiger partial charge in [-0.2, -0.15) is 13.2 Å². The maximum atomic E-state index is 13.1. The van der Waals surface area contributed by atoms with Crippen molar-refractivity contribution in [2.45, 2.75) is 18.0 Å². The van der Waals surface area contributed by atoms with Crippen molar-refractivity contribution >= 4 is 26.8 Å². The molecule has 26 heavy (non-hydrogen) atoms. The van der Waals surface area contributed by atoms with Crippen molar-refractivity contribution in [1.29, 1.82) is 0 Å². The van der Waals surface area contributed by atoms with E-state index in [1.165, 1.54) is 43.1 Å². The maximum absolute atomic E-state index is 13.1. The first-order valence-corrected chi connectivity index (χ1v) is 9.16. The fraction of sp³-hybridized carbons (Fsp3) is 0.267. The van der Waals surface area contributed by atoms with Crippen LogP contribution < -0.4 is 5.32 Å². The van der Waals surface area contributed by atoms with Crippen molar-refractivity contribution in [1.82, 2.24) is 19.5 Å². The molecule has 0 atom stereocenters. The van der Waals surface area contributed by atoms with Gasteiger partial charge in [0.1, 0.15) is 6.33 Å². The highest BCUT2D eigenvalue weighted by Crippen LogP contribution is 2.30. The van der Waals surface area contributed by atoms with Gasteiger partial charge in [-0.25, -0.2) is 23.4 Å². The zero-order chi connectivity index (χ0) is 19.1. The van der Waals surface area contributed by atoms with Crippen LogP contribution in [0.3, 0.4) is 0 Å². The Morgan fingerprint density at radius 1 is 1.23 bits per heavy atom. The van der Waals surface area contributed by atoms with Gasteiger partial charge in [-0.05, 0) is 18.2 Å². The Labute approximate surface area is 146 Å². The van der Waals surface area contributed by atoms with E-state index in [1.54, 1.807) is 6.07 Å². The van der Waals surface area contributed by atoms with Crippen molar-refractivity contribution < 1.29 is 21.6 Å². The second-order valence-corrected chi connectivity index (χ2v) is 7.61. The average Bonchev–Trinajstić information content (AvgIpc) is 3.04. The molecule has 2 heterocycles. The van der Waals surface area contributed by atoms with Crippen LogP contribution in [0.2, 0.25) is 0 Å². The molecule has 0 fully saturated rings. The third-order valence-corrected chi connectivity index (χ3v) is 5.45. The summed E-state index contributed by atoms with van der Waals surface area (Å²) in [4.78, 5) is 11.2. The van der Waals surface area contributed by atoms with E-state index in [2.05, 4.69) is 20.3 Å². The van der Waals surface area contributed by atoms with Gasteiger partial charge in [0.25, 0.3) is 0 Å². The summed E-state index contributed by atoms with van der Waals surface area (Å²) < 4.78 is 64.7. The topological polar surface area (TPSA) is 89.8 Å². The number of hydrogen-bond donors (Lipinski definition) is 1. The zero-order valence-corrected chi connectivity index (χ0v) is 14.6. The lowest BCUT2D eigenvalue weighted by molar-refractivity contribution is -0.144. The summed E-state index contributed by atoms with van der Waals surface area (Å²) in [7, 11) is -2.04. The summed E-state index contributed by atoms with van der Waals surface area (Å²) >= 11 is 0. The van der Waals surface area contributed by atoms with Gasteiger partial charge in [-0.3, -0.25) is 4.57 Å². The standard InChI is InChI=1S/C15H14F3N5O2S/c1-3-26(24,25)10-6-4-5-9(7-10)23-8-20-11-12(19-2)21-14(15(16,17)18)22-13(11)23/h4-8H,3H2,1-2H3,(H,19,21,22). The molecule has 138 valence electrons. The van der Waals surface area contributed by atoms with Crippen LogP contribution in [0, 0.1) is 0 Å². The summed E-state index contributed by atoms with van der Waals surface area (Å²) in [5.41, 5.74) is 0.392. The van der Waals surface area contributed by atoms with E-state index in [9.17, 15) is 21.6 Å². The van der Waals surface area contributed by atoms with Crippen LogP contribution in [0.1, 0.15) is 12.7 Å². The fourth-order valence-electron chi connectivity index (χ4n) is 2.38. The molecule has 0 aliphatic rings. The summed E-state index contributed by atoms with van der Waals surface area (Å²) in [6, 6.07) is 5.86. The Morgan fingerprint density at radius 3 is 2.58 bits per heavy atom. The Morgan fingerprint density at radius 2 is 1.96 bits per heavy atom. The van der Waals surface area contributed by atoms with Gasteiger partial charge in [-0.1, -0.05) is 13.0 Å². The predicted octanol–water partition coefficient (Wildman–Crippen LogP) is 2.67. The SMILES string of the molecule is CCS(=O)(=O)c1cccc(-n2cnc3c(NC)nc(C(F)(F)F)nc32)c1. The van der Waals surface area contributed by atoms with E-state index in [0.29, 0.717) is 5.69 Å². The summed E-state index contributed by atoms with van der Waals surface area (Å²) in [5, 5.41) is 2.57. The third kappa shape index (κ3) is 3.09. The fourth-order valence-corrected chi connectivity index (χ4v) is 3.30. The van der Waals surface area contributed by atoms with E-state index in [0.717, 1.165) is 0 Å². The Balaban J connectivity index is 2.25. The highest BCUT2D eigenvalue weighted by atomic mass is 32.2. The molecule has 0 aliphatic carbocycles. The number of rotatable bonds is 4. The van der Waals surface area contributed by atoms with E-state index in [1.807, 2.05) is 0 Å². The average molecular weight is 385 g/mol. The molecule has 3 aromatic rings. The molecule has 7 nitrogen and oxygen atoms in total. The van der Waals surface area contributed by atoms with E-state index in [4.69, 9.17) is 0 Å². The van der Waals surface area contributed by atoms with E-state index in [-0.39, 0.29) is 27.6 Å². The minimum absolute atomic E-state index is 0.0679. The highest BCUT2D eigenvalue weighted by molar-refractivity contribution is 7.91. The monoisotopic (exact) mass is 385 g/mol. The maximum Gasteiger partial charge on any atom is 0.451 e. The largest absolute Gasteiger partial charge is 0.451 e. The van der Waals surface area contributed by atoms with Crippen molar-refractivity contribution in [2.24, 2.45) is 0 Å². The number of nitrogens with one attached hydrogen (secondary N) is 1. The summed E-state index contributed by atoms with van der Waals surface area (Å²) in [6.07, 6.45) is -3.46. The van der Waals surface area contributed by atoms with Gasteiger partial charge in [-0.15, -0.1) is 0 Å². The molecule has 2 aromatic heterocycles. The number of nitrogens with zero attached hydrogens (tertiary/aromatic N) is 4. The molecule has 0 bridgehead atoms. The van der Waals surface area contributed by atoms with Gasteiger partial charge >= 0.3 is 6.18 Å². The summed E-state index contributed by atoms with van der Waals surface area (Å²) in [6.45, 7) is 1.51. The molecule has 1 N–H and O–H groups in total. The number of imidazole rings is 1. The van der Waals surface area contributed by atoms with E-state index >= 15 is 0 Å². The number of alkyl halides is 3. The molecule has 0 amide bonds. The molecule has 11 heteroatoms. The van der Waals surface area contributed by atoms with Crippen LogP contribution in [0.25, 0.3) is 16.9 Å². The first-order chi connectivity index (χ1) is 12.2. The van der Waals surface area contributed by atoms with E-state index < -0.39 is 21.8 Å². The molecule has 0 aliphatic heterocycles. The summed E-state index contributed by atoms with van der Waals surface area (Å²) in [5.74, 6) is -1.47. The van der Waals surface area contributed by atoms with Crippen LogP contribution >= 0.6 is 0 Å². The number of sulfone groups is 1. The first-order valence-electron chi connectivity index (χ1n) is 7.50. The number of hydrogen-bond acceptors (Lipinski definition) is 6. The normalized spacial score (nSPS) is 12.5. The van der Waals surface area contributed by atoms with Crippen molar-refractivity contribution in [3.05, 3.63) is 36.4 Å². The van der Waals surface area contributed by atoms with Crippen molar-refractivity contribution in [3.63, 3.8) is 0 Å². The number of fused-ring (bicyclic) bond motifs is 1. The molecular formula is C15H14F3N5O2S. The van der Waals surface area contributed by atoms with Gasteiger partial charge in [0.15, 0.2) is 26.8 Å². The van der Waals surface area contributed by atoms with Gasteiger partial charge in [0.2, 0.25) is 5.82 Å². The van der Waals surface area contributed by atoms with Gasteiger partial charge < -0.3 is 5.32 Å². The van der Waals surface area contributed by atoms with Crippen molar-refractivity contribution in [3.8, 4) is 5.69 Å². The zero-order valence-electron chi connectivity index (χ0n) is 13.7. The van der Waals surface area contributed by atoms with Crippen LogP contribution in [0.5, 0.6) is 0 Å². The molecule has 0 radical (unpaired) electrons. The number of benzene rings is 1.